The molecular formula is C17H18FIN2O2. The number of carbonyl (C=O) groups excluding carboxylic acids is 1. The molecule has 122 valence electrons. The molecule has 1 spiro atoms. The van der Waals surface area contributed by atoms with Crippen molar-refractivity contribution in [2.24, 2.45) is 5.41 Å². The van der Waals surface area contributed by atoms with Gasteiger partial charge in [-0.1, -0.05) is 0 Å². The van der Waals surface area contributed by atoms with E-state index in [0.29, 0.717) is 25.4 Å². The lowest BCUT2D eigenvalue weighted by molar-refractivity contribution is -0.118. The molecular weight excluding hydrogens is 410 g/mol. The van der Waals surface area contributed by atoms with Gasteiger partial charge in [0.25, 0.3) is 5.91 Å². The van der Waals surface area contributed by atoms with Gasteiger partial charge in [0.1, 0.15) is 5.82 Å². The van der Waals surface area contributed by atoms with Crippen LogP contribution < -0.4 is 4.90 Å². The van der Waals surface area contributed by atoms with Crippen LogP contribution in [0.2, 0.25) is 0 Å². The number of halogens is 2. The van der Waals surface area contributed by atoms with E-state index in [2.05, 4.69) is 33.6 Å². The summed E-state index contributed by atoms with van der Waals surface area (Å²) < 4.78 is 20.6. The average Bonchev–Trinajstić information content (AvgIpc) is 3.30. The smallest absolute Gasteiger partial charge is 0.274 e. The molecule has 1 saturated carbocycles. The van der Waals surface area contributed by atoms with E-state index in [0.717, 1.165) is 35.2 Å². The summed E-state index contributed by atoms with van der Waals surface area (Å²) in [7, 11) is 0. The van der Waals surface area contributed by atoms with Crippen molar-refractivity contribution in [1.29, 1.82) is 0 Å². The van der Waals surface area contributed by atoms with E-state index in [9.17, 15) is 9.18 Å². The summed E-state index contributed by atoms with van der Waals surface area (Å²) in [5.41, 5.74) is 1.15. The summed E-state index contributed by atoms with van der Waals surface area (Å²) in [4.78, 5) is 16.7. The number of amides is 1. The Labute approximate surface area is 148 Å². The van der Waals surface area contributed by atoms with Crippen molar-refractivity contribution < 1.29 is 13.9 Å². The maximum atomic E-state index is 14.4. The summed E-state index contributed by atoms with van der Waals surface area (Å²) in [6, 6.07) is 5.04. The molecule has 4 nitrogen and oxygen atoms in total. The highest BCUT2D eigenvalue weighted by Gasteiger charge is 2.48. The summed E-state index contributed by atoms with van der Waals surface area (Å²) in [6.45, 7) is 3.29. The van der Waals surface area contributed by atoms with Gasteiger partial charge in [-0.25, -0.2) is 4.39 Å². The molecule has 1 aliphatic carbocycles. The van der Waals surface area contributed by atoms with Crippen LogP contribution in [0.5, 0.6) is 0 Å². The number of anilines is 1. The van der Waals surface area contributed by atoms with Gasteiger partial charge >= 0.3 is 0 Å². The minimum atomic E-state index is -0.329. The SMILES string of the molecule is O=C1C(N2CCOCC2)=CC2(CC2)CN1c1ccc(I)cc1F. The Balaban J connectivity index is 1.69. The number of rotatable bonds is 2. The normalized spacial score (nSPS) is 23.2. The molecule has 0 atom stereocenters. The van der Waals surface area contributed by atoms with E-state index in [4.69, 9.17) is 4.74 Å². The van der Waals surface area contributed by atoms with Crippen LogP contribution in [0.1, 0.15) is 12.8 Å². The molecule has 1 amide bonds. The Morgan fingerprint density at radius 2 is 1.96 bits per heavy atom. The molecule has 3 aliphatic rings. The highest BCUT2D eigenvalue weighted by atomic mass is 127. The van der Waals surface area contributed by atoms with Crippen molar-refractivity contribution >= 4 is 34.2 Å². The molecule has 23 heavy (non-hydrogen) atoms. The fraction of sp³-hybridized carbons (Fsp3) is 0.471. The second-order valence-electron chi connectivity index (χ2n) is 6.48. The fourth-order valence-electron chi connectivity index (χ4n) is 3.31. The minimum Gasteiger partial charge on any atom is -0.378 e. The molecule has 0 radical (unpaired) electrons. The Kier molecular flexibility index (Phi) is 3.84. The predicted octanol–water partition coefficient (Wildman–Crippen LogP) is 2.77. The van der Waals surface area contributed by atoms with Crippen LogP contribution in [-0.4, -0.2) is 43.7 Å². The van der Waals surface area contributed by atoms with Gasteiger partial charge in [0.05, 0.1) is 24.6 Å². The zero-order chi connectivity index (χ0) is 16.0. The van der Waals surface area contributed by atoms with E-state index in [-0.39, 0.29) is 17.1 Å². The summed E-state index contributed by atoms with van der Waals surface area (Å²) in [5.74, 6) is -0.422. The summed E-state index contributed by atoms with van der Waals surface area (Å²) in [5, 5.41) is 0. The van der Waals surface area contributed by atoms with Crippen LogP contribution in [0, 0.1) is 14.8 Å². The van der Waals surface area contributed by atoms with Crippen molar-refractivity contribution in [2.45, 2.75) is 12.8 Å². The maximum Gasteiger partial charge on any atom is 0.274 e. The molecule has 0 N–H and O–H groups in total. The van der Waals surface area contributed by atoms with Crippen LogP contribution in [0.25, 0.3) is 0 Å². The average molecular weight is 428 g/mol. The molecule has 1 saturated heterocycles. The monoisotopic (exact) mass is 428 g/mol. The van der Waals surface area contributed by atoms with E-state index >= 15 is 0 Å². The molecule has 1 aromatic carbocycles. The lowest BCUT2D eigenvalue weighted by Crippen LogP contribution is -2.48. The first kappa shape index (κ1) is 15.4. The number of ether oxygens (including phenoxy) is 1. The van der Waals surface area contributed by atoms with Crippen molar-refractivity contribution in [3.63, 3.8) is 0 Å². The van der Waals surface area contributed by atoms with Crippen molar-refractivity contribution in [2.75, 3.05) is 37.7 Å². The van der Waals surface area contributed by atoms with Gasteiger partial charge in [-0.15, -0.1) is 0 Å². The van der Waals surface area contributed by atoms with Gasteiger partial charge in [0.15, 0.2) is 0 Å². The van der Waals surface area contributed by atoms with Crippen molar-refractivity contribution in [1.82, 2.24) is 4.90 Å². The lowest BCUT2D eigenvalue weighted by Gasteiger charge is -2.38. The number of nitrogens with zero attached hydrogens (tertiary/aromatic N) is 2. The second-order valence-corrected chi connectivity index (χ2v) is 7.72. The maximum absolute atomic E-state index is 14.4. The third-order valence-corrected chi connectivity index (χ3v) is 5.50. The Morgan fingerprint density at radius 3 is 2.61 bits per heavy atom. The van der Waals surface area contributed by atoms with Crippen molar-refractivity contribution in [3.8, 4) is 0 Å². The first-order chi connectivity index (χ1) is 11.1. The fourth-order valence-corrected chi connectivity index (χ4v) is 3.76. The van der Waals surface area contributed by atoms with Gasteiger partial charge in [0.2, 0.25) is 0 Å². The van der Waals surface area contributed by atoms with Crippen LogP contribution in [0.3, 0.4) is 0 Å². The Bertz CT molecular complexity index is 681. The number of hydrogen-bond acceptors (Lipinski definition) is 3. The van der Waals surface area contributed by atoms with Gasteiger partial charge < -0.3 is 14.5 Å². The first-order valence-electron chi connectivity index (χ1n) is 7.90. The molecule has 2 heterocycles. The highest BCUT2D eigenvalue weighted by Crippen LogP contribution is 2.51. The number of carbonyl (C=O) groups is 1. The summed E-state index contributed by atoms with van der Waals surface area (Å²) >= 11 is 2.08. The molecule has 2 fully saturated rings. The van der Waals surface area contributed by atoms with Crippen LogP contribution in [-0.2, 0) is 9.53 Å². The third kappa shape index (κ3) is 2.87. The third-order valence-electron chi connectivity index (χ3n) is 4.82. The number of morpholine rings is 1. The lowest BCUT2D eigenvalue weighted by atomic mass is 9.98. The summed E-state index contributed by atoms with van der Waals surface area (Å²) in [6.07, 6.45) is 4.26. The van der Waals surface area contributed by atoms with E-state index in [1.165, 1.54) is 6.07 Å². The van der Waals surface area contributed by atoms with Gasteiger partial charge in [0, 0.05) is 28.6 Å². The number of hydrogen-bond donors (Lipinski definition) is 0. The van der Waals surface area contributed by atoms with Crippen LogP contribution >= 0.6 is 22.6 Å². The predicted molar refractivity (Wildman–Crippen MR) is 93.6 cm³/mol. The van der Waals surface area contributed by atoms with Crippen LogP contribution in [0.15, 0.2) is 30.0 Å². The quantitative estimate of drug-likeness (QED) is 0.680. The van der Waals surface area contributed by atoms with Crippen LogP contribution in [0.4, 0.5) is 10.1 Å². The topological polar surface area (TPSA) is 32.8 Å². The molecule has 0 aromatic heterocycles. The van der Waals surface area contributed by atoms with Gasteiger partial charge in [-0.05, 0) is 59.7 Å². The molecule has 1 aromatic rings. The number of benzene rings is 1. The minimum absolute atomic E-state index is 0.0387. The van der Waals surface area contributed by atoms with Gasteiger partial charge in [-0.2, -0.15) is 0 Å². The molecule has 4 rings (SSSR count). The van der Waals surface area contributed by atoms with E-state index in [1.54, 1.807) is 11.0 Å². The largest absolute Gasteiger partial charge is 0.378 e. The first-order valence-corrected chi connectivity index (χ1v) is 8.98. The highest BCUT2D eigenvalue weighted by molar-refractivity contribution is 14.1. The van der Waals surface area contributed by atoms with Gasteiger partial charge in [-0.3, -0.25) is 4.79 Å². The molecule has 0 bridgehead atoms. The molecule has 0 unspecified atom stereocenters. The zero-order valence-corrected chi connectivity index (χ0v) is 14.9. The molecule has 2 aliphatic heterocycles. The van der Waals surface area contributed by atoms with Crippen molar-refractivity contribution in [3.05, 3.63) is 39.4 Å². The zero-order valence-electron chi connectivity index (χ0n) is 12.7. The molecule has 6 heteroatoms. The van der Waals surface area contributed by atoms with E-state index in [1.807, 2.05) is 6.07 Å². The second kappa shape index (κ2) is 5.73. The standard InChI is InChI=1S/C17H18FIN2O2/c18-13-9-12(19)1-2-14(13)21-11-17(3-4-17)10-15(16(21)22)20-5-7-23-8-6-20/h1-2,9-10H,3-8,11H2. The Morgan fingerprint density at radius 1 is 1.22 bits per heavy atom. The Hall–Kier alpha value is -1.15. The van der Waals surface area contributed by atoms with E-state index < -0.39 is 0 Å².